The lowest BCUT2D eigenvalue weighted by Crippen LogP contribution is -2.12. The van der Waals surface area contributed by atoms with E-state index in [9.17, 15) is 0 Å². The zero-order valence-corrected chi connectivity index (χ0v) is 11.6. The molecule has 1 heteroatoms. The molecule has 0 saturated heterocycles. The minimum atomic E-state index is 0.335. The van der Waals surface area contributed by atoms with Crippen molar-refractivity contribution >= 4 is 0 Å². The number of hydrogen-bond acceptors (Lipinski definition) is 1. The van der Waals surface area contributed by atoms with E-state index in [0.717, 1.165) is 12.8 Å². The summed E-state index contributed by atoms with van der Waals surface area (Å²) in [5.74, 6) is 0. The van der Waals surface area contributed by atoms with Crippen molar-refractivity contribution in [2.24, 2.45) is 10.8 Å². The summed E-state index contributed by atoms with van der Waals surface area (Å²) >= 11 is 0. The molecule has 0 aliphatic heterocycles. The van der Waals surface area contributed by atoms with Crippen molar-refractivity contribution in [3.8, 4) is 0 Å². The molecule has 1 aromatic rings. The van der Waals surface area contributed by atoms with Gasteiger partial charge in [0.25, 0.3) is 0 Å². The molecule has 0 saturated carbocycles. The number of pyridine rings is 1. The molecule has 1 rings (SSSR count). The molecule has 0 bridgehead atoms. The van der Waals surface area contributed by atoms with Gasteiger partial charge >= 0.3 is 0 Å². The molecular weight excluding hydrogens is 194 g/mol. The van der Waals surface area contributed by atoms with E-state index in [1.54, 1.807) is 0 Å². The van der Waals surface area contributed by atoms with Gasteiger partial charge in [-0.1, -0.05) is 47.6 Å². The molecule has 0 unspecified atom stereocenters. The van der Waals surface area contributed by atoms with Crippen LogP contribution < -0.4 is 0 Å². The second-order valence-corrected chi connectivity index (χ2v) is 7.18. The van der Waals surface area contributed by atoms with Gasteiger partial charge in [0.05, 0.1) is 0 Å². The molecule has 0 N–H and O–H groups in total. The summed E-state index contributed by atoms with van der Waals surface area (Å²) in [5.41, 5.74) is 3.38. The molecule has 0 atom stereocenters. The van der Waals surface area contributed by atoms with E-state index in [1.807, 2.05) is 12.4 Å². The Hall–Kier alpha value is -0.850. The second kappa shape index (κ2) is 4.57. The third-order valence-electron chi connectivity index (χ3n) is 2.32. The summed E-state index contributed by atoms with van der Waals surface area (Å²) in [5, 5.41) is 0. The zero-order valence-electron chi connectivity index (χ0n) is 11.6. The van der Waals surface area contributed by atoms with Crippen molar-refractivity contribution in [3.63, 3.8) is 0 Å². The van der Waals surface area contributed by atoms with Crippen LogP contribution in [0.15, 0.2) is 18.5 Å². The fraction of sp³-hybridized carbons (Fsp3) is 0.667. The predicted octanol–water partition coefficient (Wildman–Crippen LogP) is 4.26. The van der Waals surface area contributed by atoms with E-state index >= 15 is 0 Å². The van der Waals surface area contributed by atoms with Crippen LogP contribution in [0.5, 0.6) is 0 Å². The minimum absolute atomic E-state index is 0.335. The maximum atomic E-state index is 4.35. The Morgan fingerprint density at radius 2 is 1.19 bits per heavy atom. The van der Waals surface area contributed by atoms with Crippen LogP contribution in [-0.2, 0) is 12.8 Å². The lowest BCUT2D eigenvalue weighted by Gasteiger charge is -2.20. The minimum Gasteiger partial charge on any atom is -0.264 e. The van der Waals surface area contributed by atoms with Crippen LogP contribution in [-0.4, -0.2) is 4.98 Å². The van der Waals surface area contributed by atoms with E-state index in [1.165, 1.54) is 11.1 Å². The third-order valence-corrected chi connectivity index (χ3v) is 2.32. The predicted molar refractivity (Wildman–Crippen MR) is 70.6 cm³/mol. The normalized spacial score (nSPS) is 12.9. The lowest BCUT2D eigenvalue weighted by atomic mass is 9.86. The van der Waals surface area contributed by atoms with Crippen LogP contribution in [0, 0.1) is 10.8 Å². The van der Waals surface area contributed by atoms with Crippen molar-refractivity contribution < 1.29 is 0 Å². The van der Waals surface area contributed by atoms with Gasteiger partial charge in [-0.25, -0.2) is 0 Å². The van der Waals surface area contributed by atoms with Crippen molar-refractivity contribution in [2.75, 3.05) is 0 Å². The first-order valence-corrected chi connectivity index (χ1v) is 6.09. The Kier molecular flexibility index (Phi) is 3.77. The Bertz CT molecular complexity index is 308. The van der Waals surface area contributed by atoms with Crippen molar-refractivity contribution in [1.82, 2.24) is 4.98 Å². The zero-order chi connectivity index (χ0) is 12.4. The highest BCUT2D eigenvalue weighted by molar-refractivity contribution is 5.20. The number of nitrogens with zero attached hydrogens (tertiary/aromatic N) is 1. The van der Waals surface area contributed by atoms with E-state index < -0.39 is 0 Å². The molecule has 0 aliphatic carbocycles. The van der Waals surface area contributed by atoms with Crippen molar-refractivity contribution in [1.29, 1.82) is 0 Å². The van der Waals surface area contributed by atoms with Gasteiger partial charge in [-0.3, -0.25) is 4.98 Å². The average Bonchev–Trinajstić information content (AvgIpc) is 1.96. The van der Waals surface area contributed by atoms with Crippen LogP contribution >= 0.6 is 0 Å². The Morgan fingerprint density at radius 3 is 1.50 bits per heavy atom. The highest BCUT2D eigenvalue weighted by Gasteiger charge is 2.14. The van der Waals surface area contributed by atoms with Crippen LogP contribution in [0.25, 0.3) is 0 Å². The Labute approximate surface area is 100 Å². The smallest absolute Gasteiger partial charge is 0.0300 e. The SMILES string of the molecule is CC(C)(C)Cc1cncc(CC(C)(C)C)c1. The molecule has 1 nitrogen and oxygen atoms in total. The van der Waals surface area contributed by atoms with Crippen molar-refractivity contribution in [2.45, 2.75) is 54.4 Å². The maximum Gasteiger partial charge on any atom is 0.0300 e. The molecule has 16 heavy (non-hydrogen) atoms. The van der Waals surface area contributed by atoms with Crippen molar-refractivity contribution in [3.05, 3.63) is 29.6 Å². The molecule has 1 aromatic heterocycles. The Morgan fingerprint density at radius 1 is 0.812 bits per heavy atom. The Balaban J connectivity index is 2.79. The van der Waals surface area contributed by atoms with Crippen LogP contribution in [0.1, 0.15) is 52.7 Å². The first-order chi connectivity index (χ1) is 7.16. The monoisotopic (exact) mass is 219 g/mol. The lowest BCUT2D eigenvalue weighted by molar-refractivity contribution is 0.404. The van der Waals surface area contributed by atoms with Crippen LogP contribution in [0.3, 0.4) is 0 Å². The molecule has 90 valence electrons. The highest BCUT2D eigenvalue weighted by atomic mass is 14.6. The van der Waals surface area contributed by atoms with E-state index in [2.05, 4.69) is 52.6 Å². The summed E-state index contributed by atoms with van der Waals surface area (Å²) in [6.07, 6.45) is 6.19. The summed E-state index contributed by atoms with van der Waals surface area (Å²) in [4.78, 5) is 4.35. The van der Waals surface area contributed by atoms with Gasteiger partial charge in [0.15, 0.2) is 0 Å². The summed E-state index contributed by atoms with van der Waals surface area (Å²) in [7, 11) is 0. The average molecular weight is 219 g/mol. The van der Waals surface area contributed by atoms with Crippen LogP contribution in [0.4, 0.5) is 0 Å². The topological polar surface area (TPSA) is 12.9 Å². The fourth-order valence-electron chi connectivity index (χ4n) is 1.96. The van der Waals surface area contributed by atoms with Gasteiger partial charge in [-0.2, -0.15) is 0 Å². The first kappa shape index (κ1) is 13.2. The molecule has 1 heterocycles. The quantitative estimate of drug-likeness (QED) is 0.724. The summed E-state index contributed by atoms with van der Waals surface area (Å²) in [6, 6.07) is 2.31. The molecular formula is C15H25N. The fourth-order valence-corrected chi connectivity index (χ4v) is 1.96. The van der Waals surface area contributed by atoms with E-state index in [0.29, 0.717) is 10.8 Å². The van der Waals surface area contributed by atoms with Gasteiger partial charge in [0.1, 0.15) is 0 Å². The first-order valence-electron chi connectivity index (χ1n) is 6.09. The number of aromatic nitrogens is 1. The van der Waals surface area contributed by atoms with Gasteiger partial charge in [0.2, 0.25) is 0 Å². The third kappa shape index (κ3) is 5.29. The molecule has 0 amide bonds. The largest absolute Gasteiger partial charge is 0.264 e. The molecule has 0 aliphatic rings. The summed E-state index contributed by atoms with van der Waals surface area (Å²) < 4.78 is 0. The van der Waals surface area contributed by atoms with Gasteiger partial charge in [-0.15, -0.1) is 0 Å². The molecule has 0 aromatic carbocycles. The van der Waals surface area contributed by atoms with Gasteiger partial charge in [-0.05, 0) is 34.8 Å². The van der Waals surface area contributed by atoms with Crippen LogP contribution in [0.2, 0.25) is 0 Å². The number of rotatable bonds is 2. The van der Waals surface area contributed by atoms with Gasteiger partial charge < -0.3 is 0 Å². The number of hydrogen-bond donors (Lipinski definition) is 0. The second-order valence-electron chi connectivity index (χ2n) is 7.18. The maximum absolute atomic E-state index is 4.35. The van der Waals surface area contributed by atoms with E-state index in [-0.39, 0.29) is 0 Å². The molecule has 0 spiro atoms. The standard InChI is InChI=1S/C15H25N/c1-14(2,3)8-12-7-13(11-16-10-12)9-15(4,5)6/h7,10-11H,8-9H2,1-6H3. The molecule has 0 fully saturated rings. The summed E-state index contributed by atoms with van der Waals surface area (Å²) in [6.45, 7) is 13.6. The van der Waals surface area contributed by atoms with Gasteiger partial charge in [0, 0.05) is 12.4 Å². The van der Waals surface area contributed by atoms with E-state index in [4.69, 9.17) is 0 Å². The highest BCUT2D eigenvalue weighted by Crippen LogP contribution is 2.23. The molecule has 0 radical (unpaired) electrons.